The van der Waals surface area contributed by atoms with E-state index in [1.165, 1.54) is 11.3 Å². The molecule has 0 bridgehead atoms. The minimum atomic E-state index is -0.0595. The third-order valence-corrected chi connectivity index (χ3v) is 2.84. The highest BCUT2D eigenvalue weighted by Gasteiger charge is 2.09. The van der Waals surface area contributed by atoms with Gasteiger partial charge >= 0.3 is 0 Å². The molecule has 1 unspecified atom stereocenters. The zero-order valence-corrected chi connectivity index (χ0v) is 10.1. The normalized spacial score (nSPS) is 12.4. The maximum atomic E-state index is 11.5. The second-order valence-electron chi connectivity index (χ2n) is 3.69. The second-order valence-corrected chi connectivity index (χ2v) is 4.58. The molecule has 0 saturated carbocycles. The molecule has 6 heteroatoms. The van der Waals surface area contributed by atoms with Crippen LogP contribution in [0.2, 0.25) is 0 Å². The zero-order chi connectivity index (χ0) is 12.0. The van der Waals surface area contributed by atoms with Crippen molar-refractivity contribution in [3.8, 4) is 0 Å². The molecule has 0 fully saturated rings. The molecule has 1 heterocycles. The molecule has 1 atom stereocenters. The molecule has 16 heavy (non-hydrogen) atoms. The summed E-state index contributed by atoms with van der Waals surface area (Å²) in [4.78, 5) is 15.6. The maximum absolute atomic E-state index is 11.5. The predicted molar refractivity (Wildman–Crippen MR) is 64.2 cm³/mol. The number of anilines is 1. The number of nitrogens with one attached hydrogen (secondary N) is 1. The third-order valence-electron chi connectivity index (χ3n) is 2.11. The van der Waals surface area contributed by atoms with Crippen molar-refractivity contribution < 1.29 is 9.90 Å². The summed E-state index contributed by atoms with van der Waals surface area (Å²) < 4.78 is 0. The Bertz CT molecular complexity index is 341. The van der Waals surface area contributed by atoms with Crippen LogP contribution in [0.25, 0.3) is 0 Å². The van der Waals surface area contributed by atoms with E-state index < -0.39 is 0 Å². The van der Waals surface area contributed by atoms with Gasteiger partial charge in [0.15, 0.2) is 5.13 Å². The molecule has 0 aliphatic rings. The first kappa shape index (κ1) is 12.9. The van der Waals surface area contributed by atoms with E-state index in [1.807, 2.05) is 6.92 Å². The largest absolute Gasteiger partial charge is 0.396 e. The monoisotopic (exact) mass is 243 g/mol. The smallest absolute Gasteiger partial charge is 0.226 e. The Balaban J connectivity index is 2.30. The summed E-state index contributed by atoms with van der Waals surface area (Å²) in [6.07, 6.45) is 1.74. The summed E-state index contributed by atoms with van der Waals surface area (Å²) in [7, 11) is 0. The van der Waals surface area contributed by atoms with E-state index in [-0.39, 0.29) is 25.0 Å². The first-order valence-corrected chi connectivity index (χ1v) is 6.10. The Kier molecular flexibility index (Phi) is 5.21. The number of carbonyl (C=O) groups excluding carboxylic acids is 1. The lowest BCUT2D eigenvalue weighted by molar-refractivity contribution is -0.121. The van der Waals surface area contributed by atoms with E-state index in [0.717, 1.165) is 6.42 Å². The van der Waals surface area contributed by atoms with Crippen LogP contribution in [0.3, 0.4) is 0 Å². The molecule has 5 nitrogen and oxygen atoms in total. The molecule has 4 N–H and O–H groups in total. The van der Waals surface area contributed by atoms with Crippen molar-refractivity contribution in [3.63, 3.8) is 0 Å². The second kappa shape index (κ2) is 6.44. The summed E-state index contributed by atoms with van der Waals surface area (Å²) in [6, 6.07) is 0.0793. The summed E-state index contributed by atoms with van der Waals surface area (Å²) >= 11 is 1.33. The van der Waals surface area contributed by atoms with Crippen LogP contribution >= 0.6 is 11.3 Å². The number of nitrogens with two attached hydrogens (primary N) is 1. The number of hydrogen-bond acceptors (Lipinski definition) is 5. The van der Waals surface area contributed by atoms with Crippen LogP contribution in [0.5, 0.6) is 0 Å². The Labute approximate surface area is 98.7 Å². The van der Waals surface area contributed by atoms with Gasteiger partial charge in [0, 0.05) is 18.0 Å². The SMILES string of the molecule is CC(CCCO)NC(=O)Cc1csc(N)n1. The van der Waals surface area contributed by atoms with Crippen LogP contribution < -0.4 is 11.1 Å². The summed E-state index contributed by atoms with van der Waals surface area (Å²) in [5, 5.41) is 13.8. The van der Waals surface area contributed by atoms with Gasteiger partial charge in [-0.25, -0.2) is 4.98 Å². The number of nitrogen functional groups attached to an aromatic ring is 1. The Morgan fingerprint density at radius 3 is 3.06 bits per heavy atom. The highest BCUT2D eigenvalue weighted by Crippen LogP contribution is 2.11. The van der Waals surface area contributed by atoms with Crippen molar-refractivity contribution in [1.82, 2.24) is 10.3 Å². The van der Waals surface area contributed by atoms with Gasteiger partial charge < -0.3 is 16.2 Å². The molecule has 1 rings (SSSR count). The van der Waals surface area contributed by atoms with E-state index in [9.17, 15) is 4.79 Å². The third kappa shape index (κ3) is 4.59. The van der Waals surface area contributed by atoms with Crippen molar-refractivity contribution in [2.24, 2.45) is 0 Å². The van der Waals surface area contributed by atoms with Crippen molar-refractivity contribution in [1.29, 1.82) is 0 Å². The maximum Gasteiger partial charge on any atom is 0.226 e. The number of aliphatic hydroxyl groups excluding tert-OH is 1. The number of aliphatic hydroxyl groups is 1. The molecule has 90 valence electrons. The van der Waals surface area contributed by atoms with Crippen LogP contribution in [-0.4, -0.2) is 28.6 Å². The number of hydrogen-bond donors (Lipinski definition) is 3. The van der Waals surface area contributed by atoms with Gasteiger partial charge in [-0.3, -0.25) is 4.79 Å². The molecule has 0 aliphatic heterocycles. The van der Waals surface area contributed by atoms with Crippen LogP contribution in [0.15, 0.2) is 5.38 Å². The molecular weight excluding hydrogens is 226 g/mol. The van der Waals surface area contributed by atoms with Crippen molar-refractivity contribution >= 4 is 22.4 Å². The molecule has 0 saturated heterocycles. The Morgan fingerprint density at radius 1 is 1.75 bits per heavy atom. The molecular formula is C10H17N3O2S. The number of nitrogens with zero attached hydrogens (tertiary/aromatic N) is 1. The van der Waals surface area contributed by atoms with Crippen molar-refractivity contribution in [2.45, 2.75) is 32.2 Å². The fraction of sp³-hybridized carbons (Fsp3) is 0.600. The predicted octanol–water partition coefficient (Wildman–Crippen LogP) is 0.545. The molecule has 0 spiro atoms. The molecule has 0 aromatic carbocycles. The Morgan fingerprint density at radius 2 is 2.50 bits per heavy atom. The standard InChI is InChI=1S/C10H17N3O2S/c1-7(3-2-4-14)12-9(15)5-8-6-16-10(11)13-8/h6-7,14H,2-5H2,1H3,(H2,11,13)(H,12,15). The minimum Gasteiger partial charge on any atom is -0.396 e. The van der Waals surface area contributed by atoms with Crippen LogP contribution in [0.1, 0.15) is 25.5 Å². The van der Waals surface area contributed by atoms with E-state index in [0.29, 0.717) is 17.2 Å². The zero-order valence-electron chi connectivity index (χ0n) is 9.27. The lowest BCUT2D eigenvalue weighted by atomic mass is 10.2. The number of thiazole rings is 1. The van der Waals surface area contributed by atoms with Gasteiger partial charge in [0.2, 0.25) is 5.91 Å². The van der Waals surface area contributed by atoms with Crippen LogP contribution in [0.4, 0.5) is 5.13 Å². The number of aromatic nitrogens is 1. The number of amides is 1. The van der Waals surface area contributed by atoms with E-state index >= 15 is 0 Å². The van der Waals surface area contributed by atoms with Gasteiger partial charge in [0.1, 0.15) is 0 Å². The van der Waals surface area contributed by atoms with Gasteiger partial charge in [0.05, 0.1) is 12.1 Å². The fourth-order valence-corrected chi connectivity index (χ4v) is 1.93. The molecule has 0 radical (unpaired) electrons. The highest BCUT2D eigenvalue weighted by molar-refractivity contribution is 7.13. The summed E-state index contributed by atoms with van der Waals surface area (Å²) in [5.74, 6) is -0.0595. The van der Waals surface area contributed by atoms with Gasteiger partial charge in [-0.2, -0.15) is 0 Å². The average Bonchev–Trinajstić information content (AvgIpc) is 2.60. The molecule has 0 aliphatic carbocycles. The van der Waals surface area contributed by atoms with E-state index in [4.69, 9.17) is 10.8 Å². The summed E-state index contributed by atoms with van der Waals surface area (Å²) in [6.45, 7) is 2.08. The van der Waals surface area contributed by atoms with E-state index in [2.05, 4.69) is 10.3 Å². The first-order chi connectivity index (χ1) is 7.61. The van der Waals surface area contributed by atoms with Gasteiger partial charge in [-0.15, -0.1) is 11.3 Å². The van der Waals surface area contributed by atoms with Crippen LogP contribution in [0, 0.1) is 0 Å². The quantitative estimate of drug-likeness (QED) is 0.680. The molecule has 1 aromatic rings. The minimum absolute atomic E-state index is 0.0595. The Hall–Kier alpha value is -1.14. The molecule has 1 aromatic heterocycles. The first-order valence-electron chi connectivity index (χ1n) is 5.22. The van der Waals surface area contributed by atoms with Gasteiger partial charge in [0.25, 0.3) is 0 Å². The van der Waals surface area contributed by atoms with Crippen molar-refractivity contribution in [2.75, 3.05) is 12.3 Å². The highest BCUT2D eigenvalue weighted by atomic mass is 32.1. The lowest BCUT2D eigenvalue weighted by Crippen LogP contribution is -2.33. The van der Waals surface area contributed by atoms with Gasteiger partial charge in [-0.1, -0.05) is 0 Å². The molecule has 1 amide bonds. The number of carbonyl (C=O) groups is 1. The van der Waals surface area contributed by atoms with E-state index in [1.54, 1.807) is 5.38 Å². The van der Waals surface area contributed by atoms with Crippen LogP contribution in [-0.2, 0) is 11.2 Å². The topological polar surface area (TPSA) is 88.2 Å². The number of rotatable bonds is 6. The lowest BCUT2D eigenvalue weighted by Gasteiger charge is -2.12. The van der Waals surface area contributed by atoms with Crippen molar-refractivity contribution in [3.05, 3.63) is 11.1 Å². The average molecular weight is 243 g/mol. The van der Waals surface area contributed by atoms with Gasteiger partial charge in [-0.05, 0) is 19.8 Å². The fourth-order valence-electron chi connectivity index (χ4n) is 1.36. The summed E-state index contributed by atoms with van der Waals surface area (Å²) in [5.41, 5.74) is 6.17.